The van der Waals surface area contributed by atoms with Crippen molar-refractivity contribution in [2.45, 2.75) is 10.3 Å². The van der Waals surface area contributed by atoms with Crippen molar-refractivity contribution in [3.8, 4) is 0 Å². The van der Waals surface area contributed by atoms with Gasteiger partial charge in [-0.25, -0.2) is 5.48 Å². The second-order valence-corrected chi connectivity index (χ2v) is 9.18. The quantitative estimate of drug-likeness (QED) is 0.208. The van der Waals surface area contributed by atoms with Gasteiger partial charge < -0.3 is 5.32 Å². The van der Waals surface area contributed by atoms with Crippen LogP contribution in [0.15, 0.2) is 49.1 Å². The SMILES string of the molecule is C=CCONC(=O)c1cc(NC(=O)[C@H]2[C@H](c3ccc(Cl)c(Cl)c3)C2(Cl)Cl)ccc1Cl. The molecule has 0 saturated heterocycles. The summed E-state index contributed by atoms with van der Waals surface area (Å²) in [6.07, 6.45) is 1.48. The van der Waals surface area contributed by atoms with E-state index in [1.165, 1.54) is 18.2 Å². The van der Waals surface area contributed by atoms with Crippen molar-refractivity contribution < 1.29 is 14.4 Å². The zero-order valence-corrected chi connectivity index (χ0v) is 19.0. The summed E-state index contributed by atoms with van der Waals surface area (Å²) in [5.74, 6) is -2.16. The highest BCUT2D eigenvalue weighted by Gasteiger charge is 2.67. The molecule has 2 atom stereocenters. The van der Waals surface area contributed by atoms with Crippen LogP contribution in [0.1, 0.15) is 21.8 Å². The minimum atomic E-state index is -1.30. The third kappa shape index (κ3) is 4.88. The Balaban J connectivity index is 1.74. The number of nitrogens with one attached hydrogen (secondary N) is 2. The summed E-state index contributed by atoms with van der Waals surface area (Å²) in [5.41, 5.74) is 3.41. The molecule has 0 heterocycles. The zero-order chi connectivity index (χ0) is 22.1. The van der Waals surface area contributed by atoms with Crippen LogP contribution in [0.25, 0.3) is 0 Å². The first-order chi connectivity index (χ1) is 14.2. The number of rotatable bonds is 7. The maximum absolute atomic E-state index is 12.8. The Labute approximate surface area is 198 Å². The standard InChI is InChI=1S/C20H15Cl5N2O3/c1-2-7-30-27-18(28)12-9-11(4-6-13(12)21)26-19(29)17-16(20(17,24)25)10-3-5-14(22)15(23)8-10/h2-6,8-9,16-17H,1,7H2,(H,26,29)(H,27,28)/t16-,17+/m0/s1. The van der Waals surface area contributed by atoms with Crippen molar-refractivity contribution in [2.24, 2.45) is 5.92 Å². The van der Waals surface area contributed by atoms with Gasteiger partial charge in [0.25, 0.3) is 5.91 Å². The summed E-state index contributed by atoms with van der Waals surface area (Å²) in [6, 6.07) is 9.44. The maximum Gasteiger partial charge on any atom is 0.276 e. The van der Waals surface area contributed by atoms with Gasteiger partial charge in [-0.15, -0.1) is 29.8 Å². The number of amides is 2. The van der Waals surface area contributed by atoms with Gasteiger partial charge in [-0.2, -0.15) is 0 Å². The largest absolute Gasteiger partial charge is 0.326 e. The van der Waals surface area contributed by atoms with E-state index in [4.69, 9.17) is 62.8 Å². The molecule has 1 fully saturated rings. The van der Waals surface area contributed by atoms with Gasteiger partial charge in [0.15, 0.2) is 0 Å². The van der Waals surface area contributed by atoms with E-state index in [9.17, 15) is 9.59 Å². The summed E-state index contributed by atoms with van der Waals surface area (Å²) >= 11 is 30.8. The number of alkyl halides is 2. The third-order valence-electron chi connectivity index (χ3n) is 4.48. The van der Waals surface area contributed by atoms with Gasteiger partial charge in [-0.1, -0.05) is 46.9 Å². The molecule has 158 valence electrons. The number of benzene rings is 2. The normalized spacial score (nSPS) is 19.1. The van der Waals surface area contributed by atoms with Crippen LogP contribution in [-0.4, -0.2) is 22.8 Å². The molecule has 3 rings (SSSR count). The van der Waals surface area contributed by atoms with Crippen LogP contribution in [0.2, 0.25) is 15.1 Å². The molecular formula is C20H15Cl5N2O3. The minimum absolute atomic E-state index is 0.123. The van der Waals surface area contributed by atoms with Crippen LogP contribution in [0.4, 0.5) is 5.69 Å². The highest BCUT2D eigenvalue weighted by atomic mass is 35.5. The van der Waals surface area contributed by atoms with Crippen molar-refractivity contribution >= 4 is 75.5 Å². The fourth-order valence-corrected chi connectivity index (χ4v) is 4.33. The average molecular weight is 509 g/mol. The fourth-order valence-electron chi connectivity index (χ4n) is 2.99. The Bertz CT molecular complexity index is 1010. The lowest BCUT2D eigenvalue weighted by Gasteiger charge is -2.10. The number of hydroxylamine groups is 1. The molecule has 5 nitrogen and oxygen atoms in total. The summed E-state index contributed by atoms with van der Waals surface area (Å²) in [5, 5.41) is 3.64. The molecule has 0 aliphatic heterocycles. The van der Waals surface area contributed by atoms with E-state index in [0.717, 1.165) is 0 Å². The Morgan fingerprint density at radius 1 is 1.07 bits per heavy atom. The highest BCUT2D eigenvalue weighted by Crippen LogP contribution is 2.65. The molecule has 2 N–H and O–H groups in total. The van der Waals surface area contributed by atoms with Gasteiger partial charge in [0.2, 0.25) is 5.91 Å². The lowest BCUT2D eigenvalue weighted by Crippen LogP contribution is -2.24. The van der Waals surface area contributed by atoms with Gasteiger partial charge in [0.05, 0.1) is 33.2 Å². The van der Waals surface area contributed by atoms with Crippen LogP contribution in [0.3, 0.4) is 0 Å². The van der Waals surface area contributed by atoms with E-state index in [0.29, 0.717) is 21.3 Å². The Morgan fingerprint density at radius 2 is 1.77 bits per heavy atom. The van der Waals surface area contributed by atoms with Crippen molar-refractivity contribution in [3.05, 3.63) is 75.2 Å². The number of anilines is 1. The topological polar surface area (TPSA) is 67.4 Å². The predicted molar refractivity (Wildman–Crippen MR) is 121 cm³/mol. The summed E-state index contributed by atoms with van der Waals surface area (Å²) < 4.78 is -1.30. The summed E-state index contributed by atoms with van der Waals surface area (Å²) in [4.78, 5) is 29.9. The molecule has 2 aromatic carbocycles. The summed E-state index contributed by atoms with van der Waals surface area (Å²) in [7, 11) is 0. The average Bonchev–Trinajstić information content (AvgIpc) is 3.27. The van der Waals surface area contributed by atoms with Gasteiger partial charge in [0, 0.05) is 11.6 Å². The first kappa shape index (κ1) is 23.2. The molecule has 0 bridgehead atoms. The molecule has 1 saturated carbocycles. The molecule has 2 amide bonds. The molecule has 0 radical (unpaired) electrons. The first-order valence-electron chi connectivity index (χ1n) is 8.63. The number of carbonyl (C=O) groups is 2. The van der Waals surface area contributed by atoms with Gasteiger partial charge in [-0.05, 0) is 35.9 Å². The van der Waals surface area contributed by atoms with Crippen molar-refractivity contribution in [1.82, 2.24) is 5.48 Å². The predicted octanol–water partition coefficient (Wildman–Crippen LogP) is 6.02. The Kier molecular flexibility index (Phi) is 7.23. The Morgan fingerprint density at radius 3 is 2.43 bits per heavy atom. The molecule has 0 aromatic heterocycles. The second kappa shape index (κ2) is 9.35. The van der Waals surface area contributed by atoms with E-state index in [2.05, 4.69) is 17.4 Å². The minimum Gasteiger partial charge on any atom is -0.326 e. The number of carbonyl (C=O) groups excluding carboxylic acids is 2. The molecule has 1 aliphatic carbocycles. The van der Waals surface area contributed by atoms with E-state index in [-0.39, 0.29) is 17.2 Å². The van der Waals surface area contributed by atoms with E-state index in [1.807, 2.05) is 0 Å². The summed E-state index contributed by atoms with van der Waals surface area (Å²) in [6.45, 7) is 3.61. The van der Waals surface area contributed by atoms with E-state index < -0.39 is 28.0 Å². The molecular weight excluding hydrogens is 493 g/mol. The number of hydrogen-bond donors (Lipinski definition) is 2. The number of hydrogen-bond acceptors (Lipinski definition) is 3. The van der Waals surface area contributed by atoms with Gasteiger partial charge in [-0.3, -0.25) is 14.4 Å². The van der Waals surface area contributed by atoms with Crippen LogP contribution in [0, 0.1) is 5.92 Å². The maximum atomic E-state index is 12.8. The fraction of sp³-hybridized carbons (Fsp3) is 0.200. The van der Waals surface area contributed by atoms with Crippen molar-refractivity contribution in [2.75, 3.05) is 11.9 Å². The smallest absolute Gasteiger partial charge is 0.276 e. The monoisotopic (exact) mass is 506 g/mol. The van der Waals surface area contributed by atoms with E-state index >= 15 is 0 Å². The van der Waals surface area contributed by atoms with Gasteiger partial charge in [0.1, 0.15) is 4.33 Å². The molecule has 30 heavy (non-hydrogen) atoms. The van der Waals surface area contributed by atoms with Crippen molar-refractivity contribution in [1.29, 1.82) is 0 Å². The number of halogens is 5. The molecule has 0 unspecified atom stereocenters. The third-order valence-corrected chi connectivity index (χ3v) is 6.49. The van der Waals surface area contributed by atoms with Crippen molar-refractivity contribution in [3.63, 3.8) is 0 Å². The first-order valence-corrected chi connectivity index (χ1v) is 10.5. The lowest BCUT2D eigenvalue weighted by atomic mass is 10.1. The van der Waals surface area contributed by atoms with Crippen LogP contribution >= 0.6 is 58.0 Å². The Hall–Kier alpha value is -1.47. The highest BCUT2D eigenvalue weighted by molar-refractivity contribution is 6.53. The molecule has 0 spiro atoms. The van der Waals surface area contributed by atoms with E-state index in [1.54, 1.807) is 24.3 Å². The molecule has 2 aromatic rings. The zero-order valence-electron chi connectivity index (χ0n) is 15.2. The van der Waals surface area contributed by atoms with Crippen LogP contribution in [-0.2, 0) is 9.63 Å². The lowest BCUT2D eigenvalue weighted by molar-refractivity contribution is -0.117. The molecule has 10 heteroatoms. The van der Waals surface area contributed by atoms with Crippen LogP contribution < -0.4 is 10.8 Å². The second-order valence-electron chi connectivity index (χ2n) is 6.52. The molecule has 1 aliphatic rings. The van der Waals surface area contributed by atoms with Gasteiger partial charge >= 0.3 is 0 Å². The van der Waals surface area contributed by atoms with Crippen LogP contribution in [0.5, 0.6) is 0 Å².